The molecule has 0 heterocycles. The summed E-state index contributed by atoms with van der Waals surface area (Å²) in [4.78, 5) is 10.4. The van der Waals surface area contributed by atoms with E-state index in [4.69, 9.17) is 20.9 Å². The number of methoxy groups -OCH3 is 2. The molecule has 0 atom stereocenters. The highest BCUT2D eigenvalue weighted by Crippen LogP contribution is 2.33. The van der Waals surface area contributed by atoms with E-state index in [-0.39, 0.29) is 23.0 Å². The maximum absolute atomic E-state index is 10.9. The third kappa shape index (κ3) is 3.56. The lowest BCUT2D eigenvalue weighted by Crippen LogP contribution is -2.21. The first-order chi connectivity index (χ1) is 8.99. The normalized spacial score (nSPS) is 10.2. The van der Waals surface area contributed by atoms with Crippen LogP contribution in [0, 0.1) is 10.1 Å². The molecule has 0 fully saturated rings. The Hall–Kier alpha value is -2.84. The Bertz CT molecular complexity index is 537. The van der Waals surface area contributed by atoms with E-state index >= 15 is 0 Å². The first-order valence-corrected chi connectivity index (χ1v) is 5.02. The number of nitro benzene ring substituents is 1. The number of nitrogens with two attached hydrogens (primary N) is 2. The molecule has 102 valence electrons. The summed E-state index contributed by atoms with van der Waals surface area (Å²) in [5.74, 6) is 0.326. The second-order valence-electron chi connectivity index (χ2n) is 3.29. The molecule has 1 rings (SSSR count). The summed E-state index contributed by atoms with van der Waals surface area (Å²) < 4.78 is 10.0. The van der Waals surface area contributed by atoms with E-state index in [9.17, 15) is 10.1 Å². The molecule has 9 nitrogen and oxygen atoms in total. The van der Waals surface area contributed by atoms with E-state index in [0.29, 0.717) is 5.75 Å². The van der Waals surface area contributed by atoms with Gasteiger partial charge in [0.2, 0.25) is 5.96 Å². The van der Waals surface area contributed by atoms with Crippen molar-refractivity contribution in [3.63, 3.8) is 0 Å². The Morgan fingerprint density at radius 2 is 1.89 bits per heavy atom. The molecule has 0 aliphatic heterocycles. The van der Waals surface area contributed by atoms with Gasteiger partial charge >= 0.3 is 0 Å². The Kier molecular flexibility index (Phi) is 4.63. The van der Waals surface area contributed by atoms with Crippen LogP contribution in [0.3, 0.4) is 0 Å². The van der Waals surface area contributed by atoms with E-state index in [2.05, 4.69) is 10.2 Å². The Morgan fingerprint density at radius 1 is 1.32 bits per heavy atom. The Morgan fingerprint density at radius 3 is 2.37 bits per heavy atom. The maximum atomic E-state index is 10.9. The SMILES string of the molecule is COc1cc(/C=N\N=C(N)N)c([N+](=O)[O-])cc1OC. The molecule has 0 saturated carbocycles. The number of nitrogens with zero attached hydrogens (tertiary/aromatic N) is 3. The fourth-order valence-electron chi connectivity index (χ4n) is 1.30. The van der Waals surface area contributed by atoms with E-state index in [1.54, 1.807) is 0 Å². The summed E-state index contributed by atoms with van der Waals surface area (Å²) in [6.07, 6.45) is 1.15. The van der Waals surface area contributed by atoms with Crippen LogP contribution in [0.1, 0.15) is 5.56 Å². The van der Waals surface area contributed by atoms with Gasteiger partial charge in [-0.3, -0.25) is 10.1 Å². The van der Waals surface area contributed by atoms with Gasteiger partial charge in [-0.2, -0.15) is 5.10 Å². The van der Waals surface area contributed by atoms with Gasteiger partial charge in [-0.1, -0.05) is 0 Å². The van der Waals surface area contributed by atoms with Gasteiger partial charge in [-0.15, -0.1) is 5.10 Å². The highest BCUT2D eigenvalue weighted by Gasteiger charge is 2.18. The zero-order chi connectivity index (χ0) is 14.4. The first kappa shape index (κ1) is 14.2. The fourth-order valence-corrected chi connectivity index (χ4v) is 1.30. The van der Waals surface area contributed by atoms with Crippen molar-refractivity contribution < 1.29 is 14.4 Å². The molecular weight excluding hydrogens is 254 g/mol. The van der Waals surface area contributed by atoms with Gasteiger partial charge in [-0.25, -0.2) is 0 Å². The third-order valence-electron chi connectivity index (χ3n) is 2.10. The Labute approximate surface area is 108 Å². The van der Waals surface area contributed by atoms with Gasteiger partial charge in [-0.05, 0) is 6.07 Å². The summed E-state index contributed by atoms with van der Waals surface area (Å²) in [5.41, 5.74) is 10.2. The number of hydrogen-bond acceptors (Lipinski definition) is 6. The third-order valence-corrected chi connectivity index (χ3v) is 2.10. The van der Waals surface area contributed by atoms with Gasteiger partial charge in [0.05, 0.1) is 37.0 Å². The van der Waals surface area contributed by atoms with Crippen molar-refractivity contribution in [2.75, 3.05) is 14.2 Å². The molecule has 19 heavy (non-hydrogen) atoms. The molecule has 0 radical (unpaired) electrons. The molecule has 0 aliphatic rings. The lowest BCUT2D eigenvalue weighted by Gasteiger charge is -2.08. The van der Waals surface area contributed by atoms with E-state index in [1.165, 1.54) is 26.4 Å². The number of guanidine groups is 1. The van der Waals surface area contributed by atoms with Crippen LogP contribution in [-0.2, 0) is 0 Å². The van der Waals surface area contributed by atoms with Crippen LogP contribution >= 0.6 is 0 Å². The number of ether oxygens (including phenoxy) is 2. The molecule has 0 spiro atoms. The van der Waals surface area contributed by atoms with Crippen LogP contribution in [0.5, 0.6) is 11.5 Å². The Balaban J connectivity index is 3.31. The number of nitro groups is 1. The van der Waals surface area contributed by atoms with Crippen molar-refractivity contribution in [2.45, 2.75) is 0 Å². The van der Waals surface area contributed by atoms with Crippen LogP contribution in [0.4, 0.5) is 5.69 Å². The molecule has 4 N–H and O–H groups in total. The highest BCUT2D eigenvalue weighted by atomic mass is 16.6. The lowest BCUT2D eigenvalue weighted by molar-refractivity contribution is -0.385. The molecule has 0 unspecified atom stereocenters. The van der Waals surface area contributed by atoms with Crippen LogP contribution in [-0.4, -0.2) is 31.3 Å². The maximum Gasteiger partial charge on any atom is 0.282 e. The molecule has 0 bridgehead atoms. The van der Waals surface area contributed by atoms with Gasteiger partial charge in [0.25, 0.3) is 5.69 Å². The molecule has 1 aromatic rings. The average Bonchev–Trinajstić information content (AvgIpc) is 2.37. The lowest BCUT2D eigenvalue weighted by atomic mass is 10.1. The molecule has 0 saturated heterocycles. The topological polar surface area (TPSA) is 138 Å². The molecule has 0 amide bonds. The summed E-state index contributed by atoms with van der Waals surface area (Å²) >= 11 is 0. The number of benzene rings is 1. The quantitative estimate of drug-likeness (QED) is 0.338. The minimum atomic E-state index is -0.571. The molecule has 0 aromatic heterocycles. The second-order valence-corrected chi connectivity index (χ2v) is 3.29. The van der Waals surface area contributed by atoms with Crippen LogP contribution in [0.25, 0.3) is 0 Å². The van der Waals surface area contributed by atoms with E-state index in [0.717, 1.165) is 6.21 Å². The van der Waals surface area contributed by atoms with Gasteiger partial charge < -0.3 is 20.9 Å². The van der Waals surface area contributed by atoms with Crippen molar-refractivity contribution in [3.8, 4) is 11.5 Å². The first-order valence-electron chi connectivity index (χ1n) is 5.02. The van der Waals surface area contributed by atoms with E-state index in [1.807, 2.05) is 0 Å². The fraction of sp³-hybridized carbons (Fsp3) is 0.200. The smallest absolute Gasteiger partial charge is 0.282 e. The standard InChI is InChI=1S/C10H13N5O4/c1-18-8-3-6(5-13-14-10(11)12)7(15(16)17)4-9(8)19-2/h3-5H,1-2H3,(H4,11,12,14)/b13-5-. The predicted octanol–water partition coefficient (Wildman–Crippen LogP) is 0.219. The molecular formula is C10H13N5O4. The predicted molar refractivity (Wildman–Crippen MR) is 69.6 cm³/mol. The van der Waals surface area contributed by atoms with Crippen molar-refractivity contribution in [2.24, 2.45) is 21.7 Å². The van der Waals surface area contributed by atoms with Crippen molar-refractivity contribution in [1.82, 2.24) is 0 Å². The van der Waals surface area contributed by atoms with Gasteiger partial charge in [0, 0.05) is 0 Å². The van der Waals surface area contributed by atoms with E-state index < -0.39 is 4.92 Å². The minimum Gasteiger partial charge on any atom is -0.493 e. The number of hydrogen-bond donors (Lipinski definition) is 2. The highest BCUT2D eigenvalue weighted by molar-refractivity contribution is 5.87. The zero-order valence-electron chi connectivity index (χ0n) is 10.4. The monoisotopic (exact) mass is 267 g/mol. The van der Waals surface area contributed by atoms with Crippen molar-refractivity contribution >= 4 is 17.9 Å². The van der Waals surface area contributed by atoms with Crippen molar-refractivity contribution in [1.29, 1.82) is 0 Å². The summed E-state index contributed by atoms with van der Waals surface area (Å²) in [7, 11) is 2.80. The minimum absolute atomic E-state index is 0.188. The van der Waals surface area contributed by atoms with Crippen LogP contribution in [0.15, 0.2) is 22.3 Å². The molecule has 0 aliphatic carbocycles. The second kappa shape index (κ2) is 6.19. The van der Waals surface area contributed by atoms with Crippen LogP contribution < -0.4 is 20.9 Å². The van der Waals surface area contributed by atoms with Gasteiger partial charge in [0.1, 0.15) is 0 Å². The van der Waals surface area contributed by atoms with Crippen molar-refractivity contribution in [3.05, 3.63) is 27.8 Å². The zero-order valence-corrected chi connectivity index (χ0v) is 10.4. The molecule has 1 aromatic carbocycles. The summed E-state index contributed by atoms with van der Waals surface area (Å²) in [6, 6.07) is 2.64. The average molecular weight is 267 g/mol. The summed E-state index contributed by atoms with van der Waals surface area (Å²) in [5, 5.41) is 17.8. The van der Waals surface area contributed by atoms with Gasteiger partial charge in [0.15, 0.2) is 11.5 Å². The number of rotatable bonds is 5. The summed E-state index contributed by atoms with van der Waals surface area (Å²) in [6.45, 7) is 0. The van der Waals surface area contributed by atoms with Crippen LogP contribution in [0.2, 0.25) is 0 Å². The molecule has 9 heteroatoms. The largest absolute Gasteiger partial charge is 0.493 e.